The number of amides is 1. The molecular formula is C76H151NO5. The highest BCUT2D eigenvalue weighted by Crippen LogP contribution is 2.20. The molecule has 6 nitrogen and oxygen atoms in total. The summed E-state index contributed by atoms with van der Waals surface area (Å²) in [5.74, 6) is 0.000990. The number of nitrogens with one attached hydrogen (secondary N) is 1. The zero-order valence-corrected chi connectivity index (χ0v) is 56.3. The Morgan fingerprint density at radius 2 is 0.500 bits per heavy atom. The molecule has 0 spiro atoms. The molecular weight excluding hydrogens is 1010 g/mol. The van der Waals surface area contributed by atoms with Crippen LogP contribution in [0.3, 0.4) is 0 Å². The standard InChI is InChI=1S/C76H151NO5/c1-3-5-7-9-11-13-15-17-41-45-48-52-56-60-64-68-74(79)73(72-78)77-75(80)69-65-61-57-53-49-46-42-39-37-35-33-31-29-27-25-23-21-19-18-20-22-24-26-28-30-32-34-36-38-40-43-47-51-55-59-63-67-71-82-76(81)70-66-62-58-54-50-44-16-14-12-10-8-6-4-2/h73-74,78-79H,3-72H2,1-2H3,(H,77,80). The van der Waals surface area contributed by atoms with Crippen molar-refractivity contribution in [1.82, 2.24) is 5.32 Å². The number of ether oxygens (including phenoxy) is 1. The lowest BCUT2D eigenvalue weighted by Crippen LogP contribution is -2.45. The molecule has 0 bridgehead atoms. The molecule has 0 saturated carbocycles. The fourth-order valence-electron chi connectivity index (χ4n) is 12.6. The fourth-order valence-corrected chi connectivity index (χ4v) is 12.6. The molecule has 0 aliphatic heterocycles. The molecule has 0 aliphatic carbocycles. The predicted molar refractivity (Wildman–Crippen MR) is 361 cm³/mol. The lowest BCUT2D eigenvalue weighted by Gasteiger charge is -2.22. The second-order valence-electron chi connectivity index (χ2n) is 26.7. The Morgan fingerprint density at radius 3 is 0.744 bits per heavy atom. The summed E-state index contributed by atoms with van der Waals surface area (Å²) in [5, 5.41) is 23.4. The highest BCUT2D eigenvalue weighted by Gasteiger charge is 2.20. The van der Waals surface area contributed by atoms with Gasteiger partial charge < -0.3 is 20.3 Å². The van der Waals surface area contributed by atoms with Gasteiger partial charge in [-0.15, -0.1) is 0 Å². The number of unbranched alkanes of at least 4 members (excludes halogenated alkanes) is 62. The molecule has 490 valence electrons. The number of carbonyl (C=O) groups is 2. The normalized spacial score (nSPS) is 12.4. The van der Waals surface area contributed by atoms with Crippen LogP contribution in [0.5, 0.6) is 0 Å². The van der Waals surface area contributed by atoms with Crippen molar-refractivity contribution in [1.29, 1.82) is 0 Å². The van der Waals surface area contributed by atoms with Crippen molar-refractivity contribution in [2.24, 2.45) is 0 Å². The van der Waals surface area contributed by atoms with E-state index in [4.69, 9.17) is 4.74 Å². The van der Waals surface area contributed by atoms with E-state index in [1.165, 1.54) is 379 Å². The van der Waals surface area contributed by atoms with Gasteiger partial charge in [-0.2, -0.15) is 0 Å². The number of rotatable bonds is 73. The maximum Gasteiger partial charge on any atom is 0.305 e. The van der Waals surface area contributed by atoms with E-state index in [1.54, 1.807) is 0 Å². The zero-order valence-electron chi connectivity index (χ0n) is 56.3. The van der Waals surface area contributed by atoms with Crippen LogP contribution in [0.1, 0.15) is 450 Å². The first-order valence-corrected chi connectivity index (χ1v) is 38.3. The Hall–Kier alpha value is -1.14. The van der Waals surface area contributed by atoms with Gasteiger partial charge in [0.25, 0.3) is 0 Å². The molecule has 2 unspecified atom stereocenters. The minimum absolute atomic E-state index is 0.0251. The molecule has 0 aromatic heterocycles. The Labute approximate surface area is 515 Å². The molecule has 0 radical (unpaired) electrons. The molecule has 0 fully saturated rings. The Kier molecular flexibility index (Phi) is 71.3. The lowest BCUT2D eigenvalue weighted by molar-refractivity contribution is -0.143. The second-order valence-corrected chi connectivity index (χ2v) is 26.7. The first-order valence-electron chi connectivity index (χ1n) is 38.3. The van der Waals surface area contributed by atoms with Gasteiger partial charge in [0.15, 0.2) is 0 Å². The first-order chi connectivity index (χ1) is 40.5. The predicted octanol–water partition coefficient (Wildman–Crippen LogP) is 24.9. The average molecular weight is 1160 g/mol. The van der Waals surface area contributed by atoms with E-state index >= 15 is 0 Å². The van der Waals surface area contributed by atoms with Crippen LogP contribution in [-0.4, -0.2) is 47.4 Å². The van der Waals surface area contributed by atoms with Crippen molar-refractivity contribution in [3.05, 3.63) is 0 Å². The van der Waals surface area contributed by atoms with Crippen LogP contribution >= 0.6 is 0 Å². The second kappa shape index (κ2) is 72.3. The average Bonchev–Trinajstić information content (AvgIpc) is 3.48. The minimum atomic E-state index is -0.659. The van der Waals surface area contributed by atoms with E-state index in [-0.39, 0.29) is 18.5 Å². The molecule has 0 rings (SSSR count). The van der Waals surface area contributed by atoms with Crippen molar-refractivity contribution in [2.45, 2.75) is 463 Å². The SMILES string of the molecule is CCCCCCCCCCCCCCCCCC(O)C(CO)NC(=O)CCCCCCCCCCCCCCCCCCCCCCCCCCCCCCCCCCCCCCCOC(=O)CCCCCCCCCCCCCCC. The molecule has 6 heteroatoms. The van der Waals surface area contributed by atoms with E-state index < -0.39 is 12.1 Å². The van der Waals surface area contributed by atoms with Crippen molar-refractivity contribution >= 4 is 11.9 Å². The van der Waals surface area contributed by atoms with Crippen LogP contribution in [0.4, 0.5) is 0 Å². The van der Waals surface area contributed by atoms with Crippen LogP contribution in [0.2, 0.25) is 0 Å². The first kappa shape index (κ1) is 80.9. The Bertz CT molecular complexity index is 1200. The number of aliphatic hydroxyl groups is 2. The van der Waals surface area contributed by atoms with Gasteiger partial charge >= 0.3 is 5.97 Å². The van der Waals surface area contributed by atoms with E-state index in [0.717, 1.165) is 38.5 Å². The van der Waals surface area contributed by atoms with Crippen LogP contribution in [0.15, 0.2) is 0 Å². The van der Waals surface area contributed by atoms with Gasteiger partial charge in [0.05, 0.1) is 25.4 Å². The summed E-state index contributed by atoms with van der Waals surface area (Å²) in [6.45, 7) is 5.01. The number of hydrogen-bond acceptors (Lipinski definition) is 5. The van der Waals surface area contributed by atoms with Crippen molar-refractivity contribution < 1.29 is 24.5 Å². The maximum atomic E-state index is 12.5. The summed E-state index contributed by atoms with van der Waals surface area (Å²) in [5.41, 5.74) is 0. The topological polar surface area (TPSA) is 95.9 Å². The van der Waals surface area contributed by atoms with Gasteiger partial charge in [0.1, 0.15) is 0 Å². The number of aliphatic hydroxyl groups excluding tert-OH is 2. The molecule has 1 amide bonds. The van der Waals surface area contributed by atoms with Crippen LogP contribution in [0, 0.1) is 0 Å². The smallest absolute Gasteiger partial charge is 0.305 e. The fraction of sp³-hybridized carbons (Fsp3) is 0.974. The molecule has 82 heavy (non-hydrogen) atoms. The van der Waals surface area contributed by atoms with E-state index in [0.29, 0.717) is 25.9 Å². The van der Waals surface area contributed by atoms with Gasteiger partial charge in [0, 0.05) is 12.8 Å². The van der Waals surface area contributed by atoms with E-state index in [9.17, 15) is 19.8 Å². The van der Waals surface area contributed by atoms with E-state index in [2.05, 4.69) is 19.2 Å². The lowest BCUT2D eigenvalue weighted by atomic mass is 10.0. The highest BCUT2D eigenvalue weighted by molar-refractivity contribution is 5.76. The third-order valence-corrected chi connectivity index (χ3v) is 18.4. The number of carbonyl (C=O) groups excluding carboxylic acids is 2. The Morgan fingerprint density at radius 1 is 0.293 bits per heavy atom. The van der Waals surface area contributed by atoms with Crippen molar-refractivity contribution in [3.8, 4) is 0 Å². The number of esters is 1. The quantitative estimate of drug-likeness (QED) is 0.0417. The van der Waals surface area contributed by atoms with Gasteiger partial charge in [-0.05, 0) is 25.7 Å². The maximum absolute atomic E-state index is 12.5. The molecule has 0 saturated heterocycles. The summed E-state index contributed by atoms with van der Waals surface area (Å²) in [6, 6.07) is -0.536. The molecule has 0 aromatic rings. The highest BCUT2D eigenvalue weighted by atomic mass is 16.5. The van der Waals surface area contributed by atoms with Crippen LogP contribution in [0.25, 0.3) is 0 Å². The molecule has 0 aromatic carbocycles. The summed E-state index contributed by atoms with van der Waals surface area (Å²) in [4.78, 5) is 24.6. The van der Waals surface area contributed by atoms with E-state index in [1.807, 2.05) is 0 Å². The molecule has 0 aliphatic rings. The third kappa shape index (κ3) is 68.0. The minimum Gasteiger partial charge on any atom is -0.466 e. The monoisotopic (exact) mass is 1160 g/mol. The third-order valence-electron chi connectivity index (χ3n) is 18.4. The Balaban J connectivity index is 3.28. The summed E-state index contributed by atoms with van der Waals surface area (Å²) >= 11 is 0. The van der Waals surface area contributed by atoms with Gasteiger partial charge in [-0.1, -0.05) is 412 Å². The van der Waals surface area contributed by atoms with Gasteiger partial charge in [-0.3, -0.25) is 9.59 Å². The summed E-state index contributed by atoms with van der Waals surface area (Å²) in [7, 11) is 0. The molecule has 2 atom stereocenters. The summed E-state index contributed by atoms with van der Waals surface area (Å²) in [6.07, 6.45) is 89.1. The van der Waals surface area contributed by atoms with Crippen LogP contribution in [-0.2, 0) is 14.3 Å². The number of hydrogen-bond donors (Lipinski definition) is 3. The molecule has 3 N–H and O–H groups in total. The van der Waals surface area contributed by atoms with Crippen molar-refractivity contribution in [3.63, 3.8) is 0 Å². The zero-order chi connectivity index (χ0) is 59.2. The van der Waals surface area contributed by atoms with Gasteiger partial charge in [0.2, 0.25) is 5.91 Å². The van der Waals surface area contributed by atoms with Crippen LogP contribution < -0.4 is 5.32 Å². The molecule has 0 heterocycles. The van der Waals surface area contributed by atoms with Crippen molar-refractivity contribution in [2.75, 3.05) is 13.2 Å². The van der Waals surface area contributed by atoms with Gasteiger partial charge in [-0.25, -0.2) is 0 Å². The largest absolute Gasteiger partial charge is 0.466 e. The summed E-state index contributed by atoms with van der Waals surface area (Å²) < 4.78 is 5.50.